The van der Waals surface area contributed by atoms with E-state index >= 15 is 0 Å². The van der Waals surface area contributed by atoms with E-state index in [-0.39, 0.29) is 17.9 Å². The minimum Gasteiger partial charge on any atom is -0.326 e. The van der Waals surface area contributed by atoms with Gasteiger partial charge in [0.1, 0.15) is 0 Å². The number of benzene rings is 1. The summed E-state index contributed by atoms with van der Waals surface area (Å²) in [7, 11) is 0. The Morgan fingerprint density at radius 1 is 1.29 bits per heavy atom. The Morgan fingerprint density at radius 2 is 2.00 bits per heavy atom. The zero-order valence-corrected chi connectivity index (χ0v) is 12.6. The first kappa shape index (κ1) is 15.5. The van der Waals surface area contributed by atoms with Crippen LogP contribution in [0.25, 0.3) is 0 Å². The highest BCUT2D eigenvalue weighted by molar-refractivity contribution is 5.96. The third-order valence-corrected chi connectivity index (χ3v) is 3.86. The van der Waals surface area contributed by atoms with Gasteiger partial charge in [0.15, 0.2) is 0 Å². The summed E-state index contributed by atoms with van der Waals surface area (Å²) in [5, 5.41) is 8.89. The largest absolute Gasteiger partial charge is 0.326 e. The summed E-state index contributed by atoms with van der Waals surface area (Å²) in [6.07, 6.45) is 3.13. The van der Waals surface area contributed by atoms with Gasteiger partial charge in [-0.15, -0.1) is 0 Å². The summed E-state index contributed by atoms with van der Waals surface area (Å²) >= 11 is 0. The smallest absolute Gasteiger partial charge is 0.241 e. The van der Waals surface area contributed by atoms with E-state index in [9.17, 15) is 9.59 Å². The Hall–Kier alpha value is -1.88. The van der Waals surface area contributed by atoms with Crippen LogP contribution < -0.4 is 16.0 Å². The van der Waals surface area contributed by atoms with E-state index in [0.29, 0.717) is 17.3 Å². The summed E-state index contributed by atoms with van der Waals surface area (Å²) in [6.45, 7) is 4.52. The lowest BCUT2D eigenvalue weighted by molar-refractivity contribution is -0.119. The van der Waals surface area contributed by atoms with Gasteiger partial charge in [0.2, 0.25) is 11.8 Å². The van der Waals surface area contributed by atoms with Gasteiger partial charge in [0, 0.05) is 18.3 Å². The van der Waals surface area contributed by atoms with Crippen molar-refractivity contribution in [1.29, 1.82) is 0 Å². The van der Waals surface area contributed by atoms with Crippen LogP contribution in [-0.2, 0) is 9.59 Å². The maximum atomic E-state index is 12.3. The normalized spacial score (nSPS) is 21.6. The molecule has 5 nitrogen and oxygen atoms in total. The maximum Gasteiger partial charge on any atom is 0.241 e. The minimum atomic E-state index is -0.131. The fourth-order valence-electron chi connectivity index (χ4n) is 2.67. The molecular formula is C16H23N3O2. The van der Waals surface area contributed by atoms with E-state index in [4.69, 9.17) is 0 Å². The lowest BCUT2D eigenvalue weighted by Crippen LogP contribution is -2.46. The van der Waals surface area contributed by atoms with Gasteiger partial charge < -0.3 is 16.0 Å². The van der Waals surface area contributed by atoms with Crippen molar-refractivity contribution in [3.05, 3.63) is 24.3 Å². The van der Waals surface area contributed by atoms with Gasteiger partial charge in [-0.25, -0.2) is 0 Å². The second kappa shape index (κ2) is 7.22. The molecule has 1 aliphatic rings. The van der Waals surface area contributed by atoms with Crippen molar-refractivity contribution >= 4 is 23.2 Å². The van der Waals surface area contributed by atoms with Gasteiger partial charge in [-0.05, 0) is 43.5 Å². The molecule has 1 aromatic carbocycles. The average molecular weight is 289 g/mol. The number of hydrogen-bond acceptors (Lipinski definition) is 3. The van der Waals surface area contributed by atoms with Gasteiger partial charge in [-0.1, -0.05) is 19.4 Å². The number of hydrogen-bond donors (Lipinski definition) is 3. The van der Waals surface area contributed by atoms with E-state index in [2.05, 4.69) is 22.9 Å². The third kappa shape index (κ3) is 4.56. The molecule has 0 bridgehead atoms. The summed E-state index contributed by atoms with van der Waals surface area (Å²) < 4.78 is 0. The van der Waals surface area contributed by atoms with Crippen LogP contribution in [-0.4, -0.2) is 24.4 Å². The number of amides is 2. The zero-order chi connectivity index (χ0) is 15.2. The van der Waals surface area contributed by atoms with Crippen LogP contribution in [0.1, 0.15) is 33.1 Å². The Kier molecular flexibility index (Phi) is 5.33. The SMILES string of the molecule is CCC1CCNC(C(=O)Nc2cccc(NC(C)=O)c2)C1. The molecule has 1 heterocycles. The standard InChI is InChI=1S/C16H23N3O2/c1-3-12-7-8-17-15(9-12)16(21)19-14-6-4-5-13(10-14)18-11(2)20/h4-6,10,12,15,17H,3,7-9H2,1-2H3,(H,18,20)(H,19,21). The van der Waals surface area contributed by atoms with Crippen LogP contribution in [0.2, 0.25) is 0 Å². The first-order valence-corrected chi connectivity index (χ1v) is 7.50. The van der Waals surface area contributed by atoms with Gasteiger partial charge >= 0.3 is 0 Å². The molecular weight excluding hydrogens is 266 g/mol. The van der Waals surface area contributed by atoms with Crippen LogP contribution >= 0.6 is 0 Å². The van der Waals surface area contributed by atoms with Crippen LogP contribution in [0.3, 0.4) is 0 Å². The van der Waals surface area contributed by atoms with Crippen LogP contribution in [0.4, 0.5) is 11.4 Å². The van der Waals surface area contributed by atoms with Gasteiger partial charge in [-0.3, -0.25) is 9.59 Å². The van der Waals surface area contributed by atoms with E-state index in [1.54, 1.807) is 12.1 Å². The fourth-order valence-corrected chi connectivity index (χ4v) is 2.67. The molecule has 1 saturated heterocycles. The van der Waals surface area contributed by atoms with E-state index < -0.39 is 0 Å². The van der Waals surface area contributed by atoms with Crippen LogP contribution in [0, 0.1) is 5.92 Å². The lowest BCUT2D eigenvalue weighted by Gasteiger charge is -2.28. The molecule has 21 heavy (non-hydrogen) atoms. The molecule has 1 aliphatic heterocycles. The topological polar surface area (TPSA) is 70.2 Å². The number of nitrogens with one attached hydrogen (secondary N) is 3. The molecule has 0 aliphatic carbocycles. The van der Waals surface area contributed by atoms with E-state index in [1.807, 2.05) is 12.1 Å². The molecule has 2 atom stereocenters. The van der Waals surface area contributed by atoms with Crippen molar-refractivity contribution in [1.82, 2.24) is 5.32 Å². The second-order valence-corrected chi connectivity index (χ2v) is 5.56. The molecule has 114 valence electrons. The van der Waals surface area contributed by atoms with Gasteiger partial charge in [0.05, 0.1) is 6.04 Å². The maximum absolute atomic E-state index is 12.3. The molecule has 2 amide bonds. The van der Waals surface area contributed by atoms with E-state index in [0.717, 1.165) is 25.8 Å². The highest BCUT2D eigenvalue weighted by Crippen LogP contribution is 2.21. The fraction of sp³-hybridized carbons (Fsp3) is 0.500. The van der Waals surface area contributed by atoms with Gasteiger partial charge in [0.25, 0.3) is 0 Å². The third-order valence-electron chi connectivity index (χ3n) is 3.86. The number of rotatable bonds is 4. The molecule has 1 aromatic rings. The van der Waals surface area contributed by atoms with Crippen molar-refractivity contribution < 1.29 is 9.59 Å². The first-order valence-electron chi connectivity index (χ1n) is 7.50. The Bertz CT molecular complexity index is 516. The average Bonchev–Trinajstić information content (AvgIpc) is 2.47. The van der Waals surface area contributed by atoms with Crippen molar-refractivity contribution in [2.45, 2.75) is 39.2 Å². The number of piperidine rings is 1. The highest BCUT2D eigenvalue weighted by Gasteiger charge is 2.25. The van der Waals surface area contributed by atoms with E-state index in [1.165, 1.54) is 6.92 Å². The number of anilines is 2. The Morgan fingerprint density at radius 3 is 2.67 bits per heavy atom. The Labute approximate surface area is 125 Å². The Balaban J connectivity index is 1.97. The predicted octanol–water partition coefficient (Wildman–Crippen LogP) is 2.36. The molecule has 0 aromatic heterocycles. The van der Waals surface area contributed by atoms with Gasteiger partial charge in [-0.2, -0.15) is 0 Å². The zero-order valence-electron chi connectivity index (χ0n) is 12.6. The molecule has 2 unspecified atom stereocenters. The highest BCUT2D eigenvalue weighted by atomic mass is 16.2. The molecule has 3 N–H and O–H groups in total. The van der Waals surface area contributed by atoms with Crippen molar-refractivity contribution in [2.24, 2.45) is 5.92 Å². The van der Waals surface area contributed by atoms with Crippen molar-refractivity contribution in [2.75, 3.05) is 17.2 Å². The first-order chi connectivity index (χ1) is 10.1. The number of carbonyl (C=O) groups excluding carboxylic acids is 2. The summed E-state index contributed by atoms with van der Waals surface area (Å²) in [4.78, 5) is 23.4. The summed E-state index contributed by atoms with van der Waals surface area (Å²) in [6, 6.07) is 7.06. The summed E-state index contributed by atoms with van der Waals surface area (Å²) in [5.74, 6) is 0.485. The molecule has 0 radical (unpaired) electrons. The lowest BCUT2D eigenvalue weighted by atomic mass is 9.90. The molecule has 1 fully saturated rings. The second-order valence-electron chi connectivity index (χ2n) is 5.56. The monoisotopic (exact) mass is 289 g/mol. The van der Waals surface area contributed by atoms with Crippen molar-refractivity contribution in [3.8, 4) is 0 Å². The molecule has 2 rings (SSSR count). The molecule has 0 saturated carbocycles. The molecule has 5 heteroatoms. The minimum absolute atomic E-state index is 0.00637. The van der Waals surface area contributed by atoms with Crippen LogP contribution in [0.15, 0.2) is 24.3 Å². The van der Waals surface area contributed by atoms with Crippen LogP contribution in [0.5, 0.6) is 0 Å². The molecule has 0 spiro atoms. The predicted molar refractivity (Wildman–Crippen MR) is 84.2 cm³/mol. The quantitative estimate of drug-likeness (QED) is 0.797. The van der Waals surface area contributed by atoms with Crippen molar-refractivity contribution in [3.63, 3.8) is 0 Å². The number of carbonyl (C=O) groups is 2. The summed E-state index contributed by atoms with van der Waals surface area (Å²) in [5.41, 5.74) is 1.38.